The predicted octanol–water partition coefficient (Wildman–Crippen LogP) is 2.74. The van der Waals surface area contributed by atoms with E-state index in [1.807, 2.05) is 31.2 Å². The molecule has 0 aliphatic heterocycles. The molecule has 1 rings (SSSR count). The Morgan fingerprint density at radius 2 is 2.00 bits per heavy atom. The van der Waals surface area contributed by atoms with Gasteiger partial charge in [0.25, 0.3) is 0 Å². The van der Waals surface area contributed by atoms with Crippen LogP contribution in [0.5, 0.6) is 0 Å². The van der Waals surface area contributed by atoms with Crippen molar-refractivity contribution in [3.05, 3.63) is 34.3 Å². The van der Waals surface area contributed by atoms with Crippen molar-refractivity contribution in [2.45, 2.75) is 38.8 Å². The lowest BCUT2D eigenvalue weighted by Crippen LogP contribution is -2.42. The fourth-order valence-electron chi connectivity index (χ4n) is 1.54. The van der Waals surface area contributed by atoms with Crippen molar-refractivity contribution in [1.29, 1.82) is 0 Å². The number of halogens is 1. The lowest BCUT2D eigenvalue weighted by atomic mass is 9.96. The predicted molar refractivity (Wildman–Crippen MR) is 71.6 cm³/mol. The number of nitrogens with one attached hydrogen (secondary N) is 1. The molecule has 0 aliphatic rings. The molecule has 0 heterocycles. The minimum Gasteiger partial charge on any atom is -0.389 e. The molecule has 2 N–H and O–H groups in total. The SMILES string of the molecule is CC(C)NCC(C)(O)Cc1ccccc1Br. The van der Waals surface area contributed by atoms with Gasteiger partial charge in [-0.1, -0.05) is 48.0 Å². The van der Waals surface area contributed by atoms with Gasteiger partial charge in [-0.25, -0.2) is 0 Å². The van der Waals surface area contributed by atoms with Crippen LogP contribution in [0.4, 0.5) is 0 Å². The smallest absolute Gasteiger partial charge is 0.0784 e. The van der Waals surface area contributed by atoms with E-state index in [-0.39, 0.29) is 0 Å². The molecule has 0 amide bonds. The van der Waals surface area contributed by atoms with Gasteiger partial charge in [0.05, 0.1) is 5.60 Å². The summed E-state index contributed by atoms with van der Waals surface area (Å²) in [5.74, 6) is 0. The molecule has 0 radical (unpaired) electrons. The molecule has 0 saturated carbocycles. The van der Waals surface area contributed by atoms with Crippen molar-refractivity contribution >= 4 is 15.9 Å². The molecule has 0 fully saturated rings. The second-order valence-corrected chi connectivity index (χ2v) is 5.66. The van der Waals surface area contributed by atoms with E-state index in [0.717, 1.165) is 10.0 Å². The van der Waals surface area contributed by atoms with E-state index in [0.29, 0.717) is 19.0 Å². The lowest BCUT2D eigenvalue weighted by molar-refractivity contribution is 0.0580. The minimum atomic E-state index is -0.714. The van der Waals surface area contributed by atoms with Gasteiger partial charge >= 0.3 is 0 Å². The normalized spacial score (nSPS) is 15.1. The molecule has 2 nitrogen and oxygen atoms in total. The second-order valence-electron chi connectivity index (χ2n) is 4.80. The Kier molecular flexibility index (Phi) is 4.96. The zero-order chi connectivity index (χ0) is 12.2. The first-order chi connectivity index (χ1) is 7.41. The summed E-state index contributed by atoms with van der Waals surface area (Å²) in [5, 5.41) is 13.5. The minimum absolute atomic E-state index is 0.394. The number of hydrogen-bond acceptors (Lipinski definition) is 2. The fraction of sp³-hybridized carbons (Fsp3) is 0.538. The average molecular weight is 286 g/mol. The first-order valence-electron chi connectivity index (χ1n) is 5.60. The third kappa shape index (κ3) is 4.64. The van der Waals surface area contributed by atoms with Gasteiger partial charge in [0.1, 0.15) is 0 Å². The van der Waals surface area contributed by atoms with Gasteiger partial charge in [-0.05, 0) is 18.6 Å². The van der Waals surface area contributed by atoms with E-state index in [2.05, 4.69) is 35.1 Å². The molecule has 90 valence electrons. The summed E-state index contributed by atoms with van der Waals surface area (Å²) in [6.45, 7) is 6.62. The number of hydrogen-bond donors (Lipinski definition) is 2. The Hall–Kier alpha value is -0.380. The standard InChI is InChI=1S/C13H20BrNO/c1-10(2)15-9-13(3,16)8-11-6-4-5-7-12(11)14/h4-7,10,15-16H,8-9H2,1-3H3. The summed E-state index contributed by atoms with van der Waals surface area (Å²) >= 11 is 3.50. The molecule has 1 unspecified atom stereocenters. The molecule has 1 atom stereocenters. The van der Waals surface area contributed by atoms with Crippen molar-refractivity contribution in [3.63, 3.8) is 0 Å². The number of benzene rings is 1. The number of aliphatic hydroxyl groups is 1. The van der Waals surface area contributed by atoms with Crippen molar-refractivity contribution in [2.24, 2.45) is 0 Å². The van der Waals surface area contributed by atoms with Gasteiger partial charge in [-0.2, -0.15) is 0 Å². The van der Waals surface area contributed by atoms with Crippen LogP contribution >= 0.6 is 15.9 Å². The molecule has 1 aromatic rings. The van der Waals surface area contributed by atoms with E-state index in [9.17, 15) is 5.11 Å². The van der Waals surface area contributed by atoms with Crippen LogP contribution in [0.3, 0.4) is 0 Å². The Balaban J connectivity index is 2.62. The molecule has 0 saturated heterocycles. The average Bonchev–Trinajstić information content (AvgIpc) is 2.19. The Bertz CT molecular complexity index is 336. The molecule has 16 heavy (non-hydrogen) atoms. The molecule has 0 aliphatic carbocycles. The van der Waals surface area contributed by atoms with Crippen LogP contribution in [0.15, 0.2) is 28.7 Å². The fourth-order valence-corrected chi connectivity index (χ4v) is 1.96. The Labute approximate surface area is 106 Å². The maximum absolute atomic E-state index is 10.3. The monoisotopic (exact) mass is 285 g/mol. The van der Waals surface area contributed by atoms with Crippen LogP contribution in [-0.4, -0.2) is 23.3 Å². The molecular formula is C13H20BrNO. The van der Waals surface area contributed by atoms with Crippen LogP contribution in [-0.2, 0) is 6.42 Å². The van der Waals surface area contributed by atoms with Crippen molar-refractivity contribution in [3.8, 4) is 0 Å². The van der Waals surface area contributed by atoms with Crippen LogP contribution in [0.2, 0.25) is 0 Å². The highest BCUT2D eigenvalue weighted by Gasteiger charge is 2.21. The van der Waals surface area contributed by atoms with Crippen LogP contribution in [0.25, 0.3) is 0 Å². The van der Waals surface area contributed by atoms with Crippen LogP contribution < -0.4 is 5.32 Å². The van der Waals surface area contributed by atoms with E-state index in [4.69, 9.17) is 0 Å². The zero-order valence-corrected chi connectivity index (χ0v) is 11.7. The third-order valence-electron chi connectivity index (χ3n) is 2.42. The van der Waals surface area contributed by atoms with Crippen LogP contribution in [0, 0.1) is 0 Å². The summed E-state index contributed by atoms with van der Waals surface area (Å²) in [7, 11) is 0. The molecule has 0 bridgehead atoms. The van der Waals surface area contributed by atoms with Crippen molar-refractivity contribution < 1.29 is 5.11 Å². The topological polar surface area (TPSA) is 32.3 Å². The summed E-state index contributed by atoms with van der Waals surface area (Å²) in [6, 6.07) is 8.40. The van der Waals surface area contributed by atoms with Gasteiger partial charge < -0.3 is 10.4 Å². The maximum atomic E-state index is 10.3. The first kappa shape index (κ1) is 13.7. The van der Waals surface area contributed by atoms with E-state index in [1.54, 1.807) is 0 Å². The summed E-state index contributed by atoms with van der Waals surface area (Å²) in [4.78, 5) is 0. The van der Waals surface area contributed by atoms with Crippen molar-refractivity contribution in [2.75, 3.05) is 6.54 Å². The quantitative estimate of drug-likeness (QED) is 0.872. The Morgan fingerprint density at radius 1 is 1.38 bits per heavy atom. The molecule has 0 spiro atoms. The van der Waals surface area contributed by atoms with Gasteiger partial charge in [-0.3, -0.25) is 0 Å². The maximum Gasteiger partial charge on any atom is 0.0784 e. The highest BCUT2D eigenvalue weighted by molar-refractivity contribution is 9.10. The zero-order valence-electron chi connectivity index (χ0n) is 10.1. The summed E-state index contributed by atoms with van der Waals surface area (Å²) in [5.41, 5.74) is 0.423. The summed E-state index contributed by atoms with van der Waals surface area (Å²) < 4.78 is 1.06. The lowest BCUT2D eigenvalue weighted by Gasteiger charge is -2.25. The molecule has 3 heteroatoms. The van der Waals surface area contributed by atoms with E-state index < -0.39 is 5.60 Å². The van der Waals surface area contributed by atoms with E-state index >= 15 is 0 Å². The second kappa shape index (κ2) is 5.80. The highest BCUT2D eigenvalue weighted by Crippen LogP contribution is 2.21. The molecule has 1 aromatic carbocycles. The first-order valence-corrected chi connectivity index (χ1v) is 6.39. The van der Waals surface area contributed by atoms with Gasteiger partial charge in [0, 0.05) is 23.5 Å². The third-order valence-corrected chi connectivity index (χ3v) is 3.19. The van der Waals surface area contributed by atoms with Crippen LogP contribution in [0.1, 0.15) is 26.3 Å². The highest BCUT2D eigenvalue weighted by atomic mass is 79.9. The van der Waals surface area contributed by atoms with E-state index in [1.165, 1.54) is 0 Å². The summed E-state index contributed by atoms with van der Waals surface area (Å²) in [6.07, 6.45) is 0.647. The van der Waals surface area contributed by atoms with Crippen molar-refractivity contribution in [1.82, 2.24) is 5.32 Å². The van der Waals surface area contributed by atoms with Gasteiger partial charge in [-0.15, -0.1) is 0 Å². The molecule has 0 aromatic heterocycles. The van der Waals surface area contributed by atoms with Gasteiger partial charge in [0.15, 0.2) is 0 Å². The number of rotatable bonds is 5. The Morgan fingerprint density at radius 3 is 2.56 bits per heavy atom. The largest absolute Gasteiger partial charge is 0.389 e. The van der Waals surface area contributed by atoms with Gasteiger partial charge in [0.2, 0.25) is 0 Å². The molecular weight excluding hydrogens is 266 g/mol.